The van der Waals surface area contributed by atoms with Crippen LogP contribution in [0.15, 0.2) is 0 Å². The van der Waals surface area contributed by atoms with E-state index < -0.39 is 14.2 Å². The lowest BCUT2D eigenvalue weighted by Crippen LogP contribution is -2.43. The summed E-state index contributed by atoms with van der Waals surface area (Å²) in [6, 6.07) is 2.23. The lowest BCUT2D eigenvalue weighted by Gasteiger charge is -2.37. The zero-order valence-corrected chi connectivity index (χ0v) is 10.5. The molecule has 0 saturated heterocycles. The summed E-state index contributed by atoms with van der Waals surface area (Å²) >= 11 is 0. The number of hydrogen-bond acceptors (Lipinski definition) is 3. The molecule has 4 heteroatoms. The maximum atomic E-state index is 9.28. The van der Waals surface area contributed by atoms with Gasteiger partial charge in [0.1, 0.15) is 0 Å². The highest BCUT2D eigenvalue weighted by atomic mass is 28.3. The van der Waals surface area contributed by atoms with Gasteiger partial charge in [0.2, 0.25) is 0 Å². The Labute approximate surface area is 88.4 Å². The molecule has 0 bridgehead atoms. The molecular formula is C10H23O3Si. The SMILES string of the molecule is CC[Si](CC)C(C)C(CO)(CO)CO. The summed E-state index contributed by atoms with van der Waals surface area (Å²) in [5.41, 5.74) is -0.442. The van der Waals surface area contributed by atoms with Gasteiger partial charge >= 0.3 is 0 Å². The van der Waals surface area contributed by atoms with E-state index in [0.29, 0.717) is 0 Å². The first kappa shape index (κ1) is 14.1. The van der Waals surface area contributed by atoms with E-state index in [2.05, 4.69) is 13.8 Å². The molecular weight excluding hydrogens is 196 g/mol. The van der Waals surface area contributed by atoms with Crippen LogP contribution in [0.3, 0.4) is 0 Å². The van der Waals surface area contributed by atoms with Crippen LogP contribution in [0.1, 0.15) is 20.8 Å². The standard InChI is InChI=1S/C10H23O3Si/c1-4-14(5-2)9(3)10(6-11,7-12)8-13/h9,11-13H,4-8H2,1-3H3. The van der Waals surface area contributed by atoms with Gasteiger partial charge in [0, 0.05) is 5.41 Å². The summed E-state index contributed by atoms with van der Waals surface area (Å²) in [6.45, 7) is 5.94. The summed E-state index contributed by atoms with van der Waals surface area (Å²) in [4.78, 5) is 0. The van der Waals surface area contributed by atoms with Gasteiger partial charge in [-0.1, -0.05) is 32.9 Å². The molecule has 0 rings (SSSR count). The molecule has 0 aromatic carbocycles. The van der Waals surface area contributed by atoms with Gasteiger partial charge in [0.05, 0.1) is 28.6 Å². The molecule has 1 unspecified atom stereocenters. The molecule has 0 spiro atoms. The van der Waals surface area contributed by atoms with Crippen LogP contribution in [-0.4, -0.2) is 43.9 Å². The van der Waals surface area contributed by atoms with E-state index in [0.717, 1.165) is 12.1 Å². The van der Waals surface area contributed by atoms with Gasteiger partial charge in [0.25, 0.3) is 0 Å². The van der Waals surface area contributed by atoms with Gasteiger partial charge in [-0.2, -0.15) is 0 Å². The lowest BCUT2D eigenvalue weighted by molar-refractivity contribution is 0.00232. The van der Waals surface area contributed by atoms with Crippen molar-refractivity contribution in [3.63, 3.8) is 0 Å². The minimum absolute atomic E-state index is 0.130. The molecule has 1 radical (unpaired) electrons. The summed E-state index contributed by atoms with van der Waals surface area (Å²) in [5, 5.41) is 27.8. The fraction of sp³-hybridized carbons (Fsp3) is 1.00. The smallest absolute Gasteiger partial charge is 0.0531 e. The topological polar surface area (TPSA) is 60.7 Å². The van der Waals surface area contributed by atoms with E-state index in [9.17, 15) is 15.3 Å². The molecule has 0 aromatic heterocycles. The maximum Gasteiger partial charge on any atom is 0.0531 e. The highest BCUT2D eigenvalue weighted by Crippen LogP contribution is 2.36. The first-order chi connectivity index (χ1) is 6.61. The average Bonchev–Trinajstić information content (AvgIpc) is 2.23. The second-order valence-electron chi connectivity index (χ2n) is 3.92. The van der Waals surface area contributed by atoms with Crippen molar-refractivity contribution in [2.75, 3.05) is 19.8 Å². The van der Waals surface area contributed by atoms with Gasteiger partial charge in [0.15, 0.2) is 0 Å². The Morgan fingerprint density at radius 1 is 1.00 bits per heavy atom. The average molecular weight is 219 g/mol. The minimum Gasteiger partial charge on any atom is -0.396 e. The third-order valence-corrected chi connectivity index (χ3v) is 7.04. The highest BCUT2D eigenvalue weighted by molar-refractivity contribution is 6.60. The van der Waals surface area contributed by atoms with Crippen molar-refractivity contribution in [3.05, 3.63) is 0 Å². The van der Waals surface area contributed by atoms with E-state index in [1.165, 1.54) is 0 Å². The predicted molar refractivity (Wildman–Crippen MR) is 59.8 cm³/mol. The third-order valence-electron chi connectivity index (χ3n) is 3.38. The summed E-state index contributed by atoms with van der Waals surface area (Å²) in [6.07, 6.45) is 0. The van der Waals surface area contributed by atoms with Crippen molar-refractivity contribution < 1.29 is 15.3 Å². The van der Waals surface area contributed by atoms with Crippen molar-refractivity contribution in [2.24, 2.45) is 5.41 Å². The fourth-order valence-electron chi connectivity index (χ4n) is 1.86. The second-order valence-corrected chi connectivity index (χ2v) is 7.52. The first-order valence-electron chi connectivity index (χ1n) is 5.29. The fourth-order valence-corrected chi connectivity index (χ4v) is 4.72. The molecule has 0 aliphatic carbocycles. The molecule has 0 fully saturated rings. The monoisotopic (exact) mass is 219 g/mol. The van der Waals surface area contributed by atoms with Crippen LogP contribution in [0.5, 0.6) is 0 Å². The Kier molecular flexibility index (Phi) is 6.60. The molecule has 0 heterocycles. The van der Waals surface area contributed by atoms with Crippen molar-refractivity contribution in [1.29, 1.82) is 0 Å². The summed E-state index contributed by atoms with van der Waals surface area (Å²) in [5.74, 6) is 0. The minimum atomic E-state index is -0.680. The quantitative estimate of drug-likeness (QED) is 0.557. The van der Waals surface area contributed by atoms with Gasteiger partial charge in [-0.05, 0) is 5.54 Å². The number of hydrogen-bond donors (Lipinski definition) is 3. The molecule has 85 valence electrons. The van der Waals surface area contributed by atoms with Gasteiger partial charge in [-0.3, -0.25) is 0 Å². The molecule has 0 saturated carbocycles. The maximum absolute atomic E-state index is 9.28. The van der Waals surface area contributed by atoms with Crippen molar-refractivity contribution in [2.45, 2.75) is 38.4 Å². The highest BCUT2D eigenvalue weighted by Gasteiger charge is 2.38. The Hall–Kier alpha value is 0.0969. The largest absolute Gasteiger partial charge is 0.396 e. The number of rotatable bonds is 7. The van der Waals surface area contributed by atoms with Crippen LogP contribution in [0.2, 0.25) is 17.6 Å². The normalized spacial score (nSPS) is 14.8. The van der Waals surface area contributed by atoms with Gasteiger partial charge < -0.3 is 15.3 Å². The first-order valence-corrected chi connectivity index (χ1v) is 7.28. The molecule has 0 aliphatic heterocycles. The predicted octanol–water partition coefficient (Wildman–Crippen LogP) is 0.874. The number of aliphatic hydroxyl groups is 3. The van der Waals surface area contributed by atoms with Crippen molar-refractivity contribution in [3.8, 4) is 0 Å². The molecule has 0 amide bonds. The van der Waals surface area contributed by atoms with Crippen LogP contribution in [-0.2, 0) is 0 Å². The van der Waals surface area contributed by atoms with Crippen LogP contribution < -0.4 is 0 Å². The van der Waals surface area contributed by atoms with E-state index in [-0.39, 0.29) is 25.4 Å². The van der Waals surface area contributed by atoms with Crippen molar-refractivity contribution >= 4 is 8.80 Å². The van der Waals surface area contributed by atoms with E-state index in [1.54, 1.807) is 0 Å². The summed E-state index contributed by atoms with van der Waals surface area (Å²) < 4.78 is 0. The van der Waals surface area contributed by atoms with Crippen LogP contribution >= 0.6 is 0 Å². The van der Waals surface area contributed by atoms with Crippen LogP contribution in [0.4, 0.5) is 0 Å². The molecule has 14 heavy (non-hydrogen) atoms. The Morgan fingerprint density at radius 3 is 1.57 bits per heavy atom. The third kappa shape index (κ3) is 2.79. The molecule has 1 atom stereocenters. The van der Waals surface area contributed by atoms with Crippen LogP contribution in [0, 0.1) is 5.41 Å². The lowest BCUT2D eigenvalue weighted by atomic mass is 9.87. The second kappa shape index (κ2) is 6.56. The zero-order chi connectivity index (χ0) is 11.2. The van der Waals surface area contributed by atoms with E-state index in [1.807, 2.05) is 6.92 Å². The number of aliphatic hydroxyl groups excluding tert-OH is 3. The Morgan fingerprint density at radius 2 is 1.36 bits per heavy atom. The zero-order valence-electron chi connectivity index (χ0n) is 9.45. The Balaban J connectivity index is 4.63. The molecule has 0 aliphatic rings. The van der Waals surface area contributed by atoms with Gasteiger partial charge in [-0.15, -0.1) is 0 Å². The van der Waals surface area contributed by atoms with E-state index >= 15 is 0 Å². The van der Waals surface area contributed by atoms with E-state index in [4.69, 9.17) is 0 Å². The molecule has 3 nitrogen and oxygen atoms in total. The van der Waals surface area contributed by atoms with Crippen LogP contribution in [0.25, 0.3) is 0 Å². The Bertz CT molecular complexity index is 136. The molecule has 0 aromatic rings. The van der Waals surface area contributed by atoms with Gasteiger partial charge in [-0.25, -0.2) is 0 Å². The summed E-state index contributed by atoms with van der Waals surface area (Å²) in [7, 11) is -0.574. The van der Waals surface area contributed by atoms with Crippen molar-refractivity contribution in [1.82, 2.24) is 0 Å². The molecule has 3 N–H and O–H groups in total.